The first-order valence-corrected chi connectivity index (χ1v) is 6.15. The second-order valence-corrected chi connectivity index (χ2v) is 3.99. The van der Waals surface area contributed by atoms with Gasteiger partial charge in [-0.2, -0.15) is 0 Å². The first-order valence-electron chi connectivity index (χ1n) is 6.15. The molecule has 0 aromatic carbocycles. The van der Waals surface area contributed by atoms with Crippen LogP contribution in [0.2, 0.25) is 0 Å². The van der Waals surface area contributed by atoms with Crippen LogP contribution in [0.1, 0.15) is 53.4 Å². The lowest BCUT2D eigenvalue weighted by Crippen LogP contribution is -2.47. The van der Waals surface area contributed by atoms with Crippen molar-refractivity contribution in [3.63, 3.8) is 0 Å². The van der Waals surface area contributed by atoms with Crippen LogP contribution in [0.4, 0.5) is 0 Å². The van der Waals surface area contributed by atoms with E-state index in [0.29, 0.717) is 6.42 Å². The fraction of sp³-hybridized carbons (Fsp3) is 0.917. The molecule has 0 aliphatic rings. The molecule has 0 aromatic rings. The molecular weight excluding hydrogens is 188 g/mol. The van der Waals surface area contributed by atoms with Gasteiger partial charge in [0.15, 0.2) is 0 Å². The molecule has 1 amide bonds. The van der Waals surface area contributed by atoms with Gasteiger partial charge in [0, 0.05) is 18.5 Å². The molecule has 0 saturated carbocycles. The molecule has 0 aliphatic heterocycles. The molecule has 0 saturated heterocycles. The van der Waals surface area contributed by atoms with Crippen LogP contribution in [0.25, 0.3) is 0 Å². The number of nitrogens with one attached hydrogen (secondary N) is 2. The first kappa shape index (κ1) is 14.4. The Labute approximate surface area is 94.0 Å². The van der Waals surface area contributed by atoms with Crippen LogP contribution in [-0.2, 0) is 4.79 Å². The van der Waals surface area contributed by atoms with Crippen molar-refractivity contribution < 1.29 is 4.79 Å². The standard InChI is InChI=1S/C12H26N2O/c1-5-12(6-2,7-3)14-11(15)9-10-13-8-4/h13H,5-10H2,1-4H3,(H,14,15). The van der Waals surface area contributed by atoms with Crippen molar-refractivity contribution in [3.05, 3.63) is 0 Å². The van der Waals surface area contributed by atoms with Gasteiger partial charge in [0.25, 0.3) is 0 Å². The fourth-order valence-corrected chi connectivity index (χ4v) is 1.75. The molecule has 2 N–H and O–H groups in total. The molecule has 0 unspecified atom stereocenters. The molecule has 90 valence electrons. The van der Waals surface area contributed by atoms with Crippen LogP contribution in [0.3, 0.4) is 0 Å². The van der Waals surface area contributed by atoms with Crippen LogP contribution in [0, 0.1) is 0 Å². The average molecular weight is 214 g/mol. The second kappa shape index (κ2) is 7.69. The zero-order chi connectivity index (χ0) is 11.7. The molecule has 0 aromatic heterocycles. The molecule has 3 heteroatoms. The summed E-state index contributed by atoms with van der Waals surface area (Å²) in [6.45, 7) is 10.2. The predicted octanol–water partition coefficient (Wildman–Crippen LogP) is 2.07. The predicted molar refractivity (Wildman–Crippen MR) is 64.9 cm³/mol. The van der Waals surface area contributed by atoms with Gasteiger partial charge in [-0.25, -0.2) is 0 Å². The van der Waals surface area contributed by atoms with Crippen LogP contribution in [0.15, 0.2) is 0 Å². The molecule has 0 rings (SSSR count). The Kier molecular flexibility index (Phi) is 7.39. The summed E-state index contributed by atoms with van der Waals surface area (Å²) < 4.78 is 0. The van der Waals surface area contributed by atoms with E-state index < -0.39 is 0 Å². The van der Waals surface area contributed by atoms with Gasteiger partial charge in [-0.15, -0.1) is 0 Å². The first-order chi connectivity index (χ1) is 7.14. The van der Waals surface area contributed by atoms with Gasteiger partial charge >= 0.3 is 0 Å². The van der Waals surface area contributed by atoms with Crippen molar-refractivity contribution in [1.29, 1.82) is 0 Å². The minimum Gasteiger partial charge on any atom is -0.351 e. The van der Waals surface area contributed by atoms with E-state index >= 15 is 0 Å². The Morgan fingerprint density at radius 1 is 1.07 bits per heavy atom. The van der Waals surface area contributed by atoms with E-state index in [1.807, 2.05) is 6.92 Å². The third kappa shape index (κ3) is 5.17. The molecule has 0 aliphatic carbocycles. The highest BCUT2D eigenvalue weighted by Gasteiger charge is 2.25. The third-order valence-electron chi connectivity index (χ3n) is 3.21. The maximum atomic E-state index is 11.7. The van der Waals surface area contributed by atoms with E-state index in [2.05, 4.69) is 31.4 Å². The zero-order valence-corrected chi connectivity index (χ0v) is 10.7. The van der Waals surface area contributed by atoms with Gasteiger partial charge < -0.3 is 10.6 Å². The van der Waals surface area contributed by atoms with E-state index in [9.17, 15) is 4.79 Å². The van der Waals surface area contributed by atoms with E-state index in [1.54, 1.807) is 0 Å². The summed E-state index contributed by atoms with van der Waals surface area (Å²) in [7, 11) is 0. The van der Waals surface area contributed by atoms with Crippen molar-refractivity contribution >= 4 is 5.91 Å². The van der Waals surface area contributed by atoms with Gasteiger partial charge in [-0.1, -0.05) is 27.7 Å². The monoisotopic (exact) mass is 214 g/mol. The molecule has 0 atom stereocenters. The molecule has 0 spiro atoms. The number of hydrogen-bond donors (Lipinski definition) is 2. The molecule has 15 heavy (non-hydrogen) atoms. The van der Waals surface area contributed by atoms with Gasteiger partial charge in [0.1, 0.15) is 0 Å². The highest BCUT2D eigenvalue weighted by atomic mass is 16.1. The topological polar surface area (TPSA) is 41.1 Å². The van der Waals surface area contributed by atoms with Crippen molar-refractivity contribution in [3.8, 4) is 0 Å². The van der Waals surface area contributed by atoms with Crippen LogP contribution in [-0.4, -0.2) is 24.5 Å². The minimum atomic E-state index is 0.0172. The summed E-state index contributed by atoms with van der Waals surface area (Å²) in [5.41, 5.74) is 0.0172. The van der Waals surface area contributed by atoms with Crippen LogP contribution in [0.5, 0.6) is 0 Å². The number of amides is 1. The summed E-state index contributed by atoms with van der Waals surface area (Å²) in [5.74, 6) is 0.168. The lowest BCUT2D eigenvalue weighted by molar-refractivity contribution is -0.123. The normalized spacial score (nSPS) is 11.5. The highest BCUT2D eigenvalue weighted by molar-refractivity contribution is 5.76. The molecule has 0 radical (unpaired) electrons. The van der Waals surface area contributed by atoms with E-state index in [0.717, 1.165) is 32.4 Å². The van der Waals surface area contributed by atoms with Crippen molar-refractivity contribution in [2.45, 2.75) is 58.9 Å². The lowest BCUT2D eigenvalue weighted by Gasteiger charge is -2.31. The summed E-state index contributed by atoms with van der Waals surface area (Å²) in [4.78, 5) is 11.7. The van der Waals surface area contributed by atoms with Gasteiger partial charge in [0.05, 0.1) is 0 Å². The number of carbonyl (C=O) groups excluding carboxylic acids is 1. The number of carbonyl (C=O) groups is 1. The Bertz CT molecular complexity index is 168. The molecule has 0 heterocycles. The molecule has 0 fully saturated rings. The second-order valence-electron chi connectivity index (χ2n) is 3.99. The summed E-state index contributed by atoms with van der Waals surface area (Å²) in [6.07, 6.45) is 3.60. The van der Waals surface area contributed by atoms with Crippen LogP contribution < -0.4 is 10.6 Å². The van der Waals surface area contributed by atoms with Gasteiger partial charge in [0.2, 0.25) is 5.91 Å². The van der Waals surface area contributed by atoms with Gasteiger partial charge in [-0.3, -0.25) is 4.79 Å². The van der Waals surface area contributed by atoms with Crippen molar-refractivity contribution in [2.24, 2.45) is 0 Å². The zero-order valence-electron chi connectivity index (χ0n) is 10.7. The quantitative estimate of drug-likeness (QED) is 0.607. The van der Waals surface area contributed by atoms with E-state index in [1.165, 1.54) is 0 Å². The summed E-state index contributed by atoms with van der Waals surface area (Å²) >= 11 is 0. The average Bonchev–Trinajstić information content (AvgIpc) is 2.26. The third-order valence-corrected chi connectivity index (χ3v) is 3.21. The Morgan fingerprint density at radius 2 is 1.60 bits per heavy atom. The smallest absolute Gasteiger partial charge is 0.221 e. The summed E-state index contributed by atoms with van der Waals surface area (Å²) in [6, 6.07) is 0. The fourth-order valence-electron chi connectivity index (χ4n) is 1.75. The molecule has 0 bridgehead atoms. The highest BCUT2D eigenvalue weighted by Crippen LogP contribution is 2.19. The molecular formula is C12H26N2O. The van der Waals surface area contributed by atoms with Gasteiger partial charge in [-0.05, 0) is 25.8 Å². The Hall–Kier alpha value is -0.570. The maximum absolute atomic E-state index is 11.7. The van der Waals surface area contributed by atoms with Crippen molar-refractivity contribution in [1.82, 2.24) is 10.6 Å². The Balaban J connectivity index is 4.00. The Morgan fingerprint density at radius 3 is 2.00 bits per heavy atom. The van der Waals surface area contributed by atoms with E-state index in [4.69, 9.17) is 0 Å². The number of rotatable bonds is 8. The maximum Gasteiger partial charge on any atom is 0.221 e. The van der Waals surface area contributed by atoms with E-state index in [-0.39, 0.29) is 11.4 Å². The number of hydrogen-bond acceptors (Lipinski definition) is 2. The van der Waals surface area contributed by atoms with Crippen LogP contribution >= 0.6 is 0 Å². The van der Waals surface area contributed by atoms with Crippen molar-refractivity contribution in [2.75, 3.05) is 13.1 Å². The lowest BCUT2D eigenvalue weighted by atomic mass is 9.89. The summed E-state index contributed by atoms with van der Waals surface area (Å²) in [5, 5.41) is 6.32. The molecule has 3 nitrogen and oxygen atoms in total. The minimum absolute atomic E-state index is 0.0172. The SMILES string of the molecule is CCNCCC(=O)NC(CC)(CC)CC. The largest absolute Gasteiger partial charge is 0.351 e.